The molecule has 162 valence electrons. The summed E-state index contributed by atoms with van der Waals surface area (Å²) in [7, 11) is 0. The van der Waals surface area contributed by atoms with Gasteiger partial charge in [-0.1, -0.05) is 35.0 Å². The van der Waals surface area contributed by atoms with E-state index >= 15 is 0 Å². The highest BCUT2D eigenvalue weighted by molar-refractivity contribution is 6.39. The van der Waals surface area contributed by atoms with Gasteiger partial charge in [-0.2, -0.15) is 0 Å². The number of nitrogens with one attached hydrogen (secondary N) is 2. The van der Waals surface area contributed by atoms with Crippen molar-refractivity contribution in [2.24, 2.45) is 5.16 Å². The van der Waals surface area contributed by atoms with Gasteiger partial charge in [0.2, 0.25) is 0 Å². The number of carbonyl (C=O) groups excluding carboxylic acids is 2. The van der Waals surface area contributed by atoms with E-state index in [4.69, 9.17) is 16.4 Å². The van der Waals surface area contributed by atoms with Gasteiger partial charge in [0, 0.05) is 49.6 Å². The second-order valence-electron chi connectivity index (χ2n) is 7.73. The topological polar surface area (TPSA) is 83.0 Å². The minimum absolute atomic E-state index is 0.266. The Morgan fingerprint density at radius 3 is 2.61 bits per heavy atom. The summed E-state index contributed by atoms with van der Waals surface area (Å²) < 4.78 is 13.3. The fourth-order valence-corrected chi connectivity index (χ4v) is 3.81. The van der Waals surface area contributed by atoms with Gasteiger partial charge in [0.05, 0.1) is 0 Å². The minimum Gasteiger partial charge on any atom is -0.388 e. The Bertz CT molecular complexity index is 1000. The number of likely N-dealkylation sites (tertiary alicyclic amines) is 1. The van der Waals surface area contributed by atoms with Crippen LogP contribution in [-0.4, -0.2) is 41.2 Å². The van der Waals surface area contributed by atoms with Crippen molar-refractivity contribution in [2.45, 2.75) is 31.4 Å². The predicted molar refractivity (Wildman–Crippen MR) is 115 cm³/mol. The van der Waals surface area contributed by atoms with Crippen molar-refractivity contribution < 1.29 is 18.8 Å². The van der Waals surface area contributed by atoms with Crippen molar-refractivity contribution in [2.75, 3.05) is 18.4 Å². The van der Waals surface area contributed by atoms with Crippen molar-refractivity contribution in [3.8, 4) is 0 Å². The van der Waals surface area contributed by atoms with Gasteiger partial charge in [0.15, 0.2) is 0 Å². The second kappa shape index (κ2) is 8.93. The fraction of sp³-hybridized carbons (Fsp3) is 0.318. The van der Waals surface area contributed by atoms with Crippen LogP contribution in [-0.2, 0) is 16.2 Å². The zero-order valence-electron chi connectivity index (χ0n) is 16.7. The van der Waals surface area contributed by atoms with Gasteiger partial charge in [0.1, 0.15) is 17.1 Å². The van der Waals surface area contributed by atoms with E-state index in [0.29, 0.717) is 55.3 Å². The maximum Gasteiger partial charge on any atom is 0.321 e. The van der Waals surface area contributed by atoms with Crippen LogP contribution < -0.4 is 10.6 Å². The Morgan fingerprint density at radius 1 is 1.16 bits per heavy atom. The number of hydrogen-bond acceptors (Lipinski definition) is 4. The normalized spacial score (nSPS) is 17.1. The van der Waals surface area contributed by atoms with Crippen LogP contribution in [0.5, 0.6) is 0 Å². The van der Waals surface area contributed by atoms with Crippen molar-refractivity contribution >= 4 is 34.9 Å². The van der Waals surface area contributed by atoms with Crippen molar-refractivity contribution in [1.82, 2.24) is 10.2 Å². The lowest BCUT2D eigenvalue weighted by Gasteiger charge is -2.37. The summed E-state index contributed by atoms with van der Waals surface area (Å²) in [6.45, 7) is 1.28. The van der Waals surface area contributed by atoms with E-state index in [-0.39, 0.29) is 11.9 Å². The van der Waals surface area contributed by atoms with Crippen molar-refractivity contribution in [3.63, 3.8) is 0 Å². The lowest BCUT2D eigenvalue weighted by molar-refractivity contribution is -0.115. The molecule has 0 aliphatic carbocycles. The average Bonchev–Trinajstić information content (AvgIpc) is 3.17. The van der Waals surface area contributed by atoms with E-state index in [1.54, 1.807) is 29.2 Å². The van der Waals surface area contributed by atoms with Gasteiger partial charge in [0.25, 0.3) is 5.91 Å². The molecule has 2 N–H and O–H groups in total. The van der Waals surface area contributed by atoms with E-state index in [9.17, 15) is 14.0 Å². The highest BCUT2D eigenvalue weighted by Crippen LogP contribution is 2.35. The minimum atomic E-state index is -0.567. The summed E-state index contributed by atoms with van der Waals surface area (Å²) in [6, 6.07) is 12.7. The largest absolute Gasteiger partial charge is 0.388 e. The van der Waals surface area contributed by atoms with Gasteiger partial charge in [-0.15, -0.1) is 0 Å². The third-order valence-electron chi connectivity index (χ3n) is 5.51. The number of halogens is 2. The quantitative estimate of drug-likeness (QED) is 0.749. The molecule has 3 amide bonds. The molecular weight excluding hydrogens is 423 g/mol. The second-order valence-corrected chi connectivity index (χ2v) is 8.16. The number of urea groups is 1. The van der Waals surface area contributed by atoms with Crippen LogP contribution >= 0.6 is 11.6 Å². The Kier molecular flexibility index (Phi) is 6.08. The Hall–Kier alpha value is -3.13. The molecule has 2 aromatic rings. The summed E-state index contributed by atoms with van der Waals surface area (Å²) in [6.07, 6.45) is 1.51. The number of benzene rings is 2. The van der Waals surface area contributed by atoms with Crippen LogP contribution in [0.1, 0.15) is 24.8 Å². The molecule has 2 aliphatic heterocycles. The fourth-order valence-electron chi connectivity index (χ4n) is 3.68. The van der Waals surface area contributed by atoms with E-state index < -0.39 is 11.4 Å². The standard InChI is InChI=1S/C22H22ClFN4O3/c23-16-6-4-15(5-7-16)14-25-20(29)19-13-22(31-27-19)8-10-28(11-9-22)21(30)26-18-3-1-2-17(24)12-18/h1-7,12H,8-11,13-14H2,(H,25,29)(H,26,30). The van der Waals surface area contributed by atoms with Crippen LogP contribution in [0.15, 0.2) is 53.7 Å². The molecule has 0 unspecified atom stereocenters. The first kappa shape index (κ1) is 21.1. The third kappa shape index (κ3) is 5.14. The molecule has 9 heteroatoms. The molecule has 2 aromatic carbocycles. The first-order valence-corrected chi connectivity index (χ1v) is 10.4. The first-order chi connectivity index (χ1) is 14.9. The van der Waals surface area contributed by atoms with Crippen LogP contribution in [0.25, 0.3) is 0 Å². The summed E-state index contributed by atoms with van der Waals surface area (Å²) >= 11 is 5.87. The van der Waals surface area contributed by atoms with Gasteiger partial charge < -0.3 is 20.4 Å². The molecular formula is C22H22ClFN4O3. The highest BCUT2D eigenvalue weighted by Gasteiger charge is 2.44. The Balaban J connectivity index is 1.25. The number of rotatable bonds is 4. The number of anilines is 1. The van der Waals surface area contributed by atoms with Gasteiger partial charge in [-0.05, 0) is 35.9 Å². The molecule has 0 atom stereocenters. The van der Waals surface area contributed by atoms with Crippen LogP contribution in [0.2, 0.25) is 5.02 Å². The predicted octanol–water partition coefficient (Wildman–Crippen LogP) is 3.94. The lowest BCUT2D eigenvalue weighted by Crippen LogP contribution is -2.48. The molecule has 0 radical (unpaired) electrons. The molecule has 2 heterocycles. The molecule has 31 heavy (non-hydrogen) atoms. The van der Waals surface area contributed by atoms with E-state index in [1.165, 1.54) is 12.1 Å². The number of amides is 3. The Morgan fingerprint density at radius 2 is 1.90 bits per heavy atom. The van der Waals surface area contributed by atoms with Gasteiger partial charge in [-0.3, -0.25) is 4.79 Å². The number of hydrogen-bond donors (Lipinski definition) is 2. The highest BCUT2D eigenvalue weighted by atomic mass is 35.5. The first-order valence-electron chi connectivity index (χ1n) is 10.0. The van der Waals surface area contributed by atoms with E-state index in [1.807, 2.05) is 12.1 Å². The van der Waals surface area contributed by atoms with E-state index in [2.05, 4.69) is 15.8 Å². The maximum absolute atomic E-state index is 13.3. The molecule has 2 aliphatic rings. The summed E-state index contributed by atoms with van der Waals surface area (Å²) in [5, 5.41) is 10.2. The van der Waals surface area contributed by atoms with Crippen molar-refractivity contribution in [1.29, 1.82) is 0 Å². The molecule has 1 fully saturated rings. The number of nitrogens with zero attached hydrogens (tertiary/aromatic N) is 2. The molecule has 1 spiro atoms. The maximum atomic E-state index is 13.3. The van der Waals surface area contributed by atoms with Crippen LogP contribution in [0.3, 0.4) is 0 Å². The molecule has 4 rings (SSSR count). The third-order valence-corrected chi connectivity index (χ3v) is 5.76. The SMILES string of the molecule is O=C(NCc1ccc(Cl)cc1)C1=NOC2(CCN(C(=O)Nc3cccc(F)c3)CC2)C1. The number of piperidine rings is 1. The molecule has 0 bridgehead atoms. The zero-order valence-corrected chi connectivity index (χ0v) is 17.5. The number of carbonyl (C=O) groups is 2. The molecule has 1 saturated heterocycles. The molecule has 0 saturated carbocycles. The summed E-state index contributed by atoms with van der Waals surface area (Å²) in [5.74, 6) is -0.674. The zero-order chi connectivity index (χ0) is 21.8. The smallest absolute Gasteiger partial charge is 0.321 e. The monoisotopic (exact) mass is 444 g/mol. The van der Waals surface area contributed by atoms with Crippen LogP contribution in [0, 0.1) is 5.82 Å². The Labute approximate surface area is 184 Å². The van der Waals surface area contributed by atoms with Crippen LogP contribution in [0.4, 0.5) is 14.9 Å². The molecule has 7 nitrogen and oxygen atoms in total. The van der Waals surface area contributed by atoms with E-state index in [0.717, 1.165) is 5.56 Å². The average molecular weight is 445 g/mol. The lowest BCUT2D eigenvalue weighted by atomic mass is 9.87. The summed E-state index contributed by atoms with van der Waals surface area (Å²) in [4.78, 5) is 32.2. The van der Waals surface area contributed by atoms with Gasteiger partial charge >= 0.3 is 6.03 Å². The summed E-state index contributed by atoms with van der Waals surface area (Å²) in [5.41, 5.74) is 1.13. The molecule has 0 aromatic heterocycles. The van der Waals surface area contributed by atoms with Gasteiger partial charge in [-0.25, -0.2) is 9.18 Å². The number of oxime groups is 1. The van der Waals surface area contributed by atoms with Crippen molar-refractivity contribution in [3.05, 3.63) is 64.9 Å².